The van der Waals surface area contributed by atoms with Gasteiger partial charge in [0.2, 0.25) is 0 Å². The maximum atomic E-state index is 12.8. The summed E-state index contributed by atoms with van der Waals surface area (Å²) in [4.78, 5) is 6.97. The van der Waals surface area contributed by atoms with Crippen LogP contribution in [0.5, 0.6) is 5.88 Å². The summed E-state index contributed by atoms with van der Waals surface area (Å²) in [6.07, 6.45) is -0.0564. The third kappa shape index (κ3) is 3.13. The first-order valence-electron chi connectivity index (χ1n) is 9.14. The highest BCUT2D eigenvalue weighted by atomic mass is 19.4. The van der Waals surface area contributed by atoms with Crippen LogP contribution in [0, 0.1) is 5.92 Å². The van der Waals surface area contributed by atoms with Crippen LogP contribution in [0.1, 0.15) is 25.1 Å². The van der Waals surface area contributed by atoms with Gasteiger partial charge in [-0.15, -0.1) is 0 Å². The summed E-state index contributed by atoms with van der Waals surface area (Å²) in [6.45, 7) is 2.52. The van der Waals surface area contributed by atoms with Crippen molar-refractivity contribution in [1.82, 2.24) is 14.5 Å². The number of aliphatic hydroxyl groups is 1. The van der Waals surface area contributed by atoms with E-state index in [1.807, 2.05) is 19.9 Å². The molecule has 2 aromatic carbocycles. The first kappa shape index (κ1) is 19.3. The number of aromatic amines is 1. The van der Waals surface area contributed by atoms with Crippen molar-refractivity contribution in [2.45, 2.75) is 32.2 Å². The molecule has 0 radical (unpaired) electrons. The molecule has 3 N–H and O–H groups in total. The summed E-state index contributed by atoms with van der Waals surface area (Å²) in [5.74, 6) is -0.583. The van der Waals surface area contributed by atoms with Crippen molar-refractivity contribution in [3.8, 4) is 5.88 Å². The molecule has 2 aromatic heterocycles. The van der Waals surface area contributed by atoms with E-state index in [0.717, 1.165) is 9.95 Å². The molecule has 1 unspecified atom stereocenters. The maximum absolute atomic E-state index is 12.8. The van der Waals surface area contributed by atoms with Gasteiger partial charge < -0.3 is 19.8 Å². The zero-order valence-corrected chi connectivity index (χ0v) is 15.8. The highest BCUT2D eigenvalue weighted by Crippen LogP contribution is 2.39. The fraction of sp³-hybridized carbons (Fsp3) is 0.286. The number of hydrogen-bond donors (Lipinski definition) is 3. The van der Waals surface area contributed by atoms with E-state index in [-0.39, 0.29) is 5.92 Å². The van der Waals surface area contributed by atoms with Gasteiger partial charge in [-0.25, -0.2) is 4.98 Å². The number of aromatic nitrogens is 3. The van der Waals surface area contributed by atoms with Crippen LogP contribution in [-0.4, -0.2) is 30.9 Å². The molecule has 0 saturated heterocycles. The average molecular weight is 403 g/mol. The molecule has 1 atom stereocenters. The number of alkyl halides is 3. The van der Waals surface area contributed by atoms with Crippen LogP contribution in [0.15, 0.2) is 49.1 Å². The molecule has 152 valence electrons. The lowest BCUT2D eigenvalue weighted by Crippen LogP contribution is -2.33. The minimum atomic E-state index is -4.44. The molecule has 2 heterocycles. The third-order valence-electron chi connectivity index (χ3n) is 5.39. The molecule has 4 aromatic rings. The predicted octanol–water partition coefficient (Wildman–Crippen LogP) is 4.68. The van der Waals surface area contributed by atoms with Gasteiger partial charge in [-0.1, -0.05) is 32.0 Å². The number of imidazole rings is 1. The number of H-pyrrole nitrogens is 1. The molecule has 5 nitrogen and oxygen atoms in total. The Morgan fingerprint density at radius 3 is 2.45 bits per heavy atom. The molecule has 0 bridgehead atoms. The number of fused-ring (bicyclic) bond motifs is 3. The normalized spacial score (nSPS) is 14.7. The average Bonchev–Trinajstić information content (AvgIpc) is 3.29. The minimum absolute atomic E-state index is 0.166. The lowest BCUT2D eigenvalue weighted by Gasteiger charge is -2.32. The van der Waals surface area contributed by atoms with Gasteiger partial charge >= 0.3 is 6.18 Å². The number of nitrogens with zero attached hydrogens (tertiary/aromatic N) is 2. The number of halogens is 3. The summed E-state index contributed by atoms with van der Waals surface area (Å²) in [5, 5.41) is 23.9. The zero-order valence-electron chi connectivity index (χ0n) is 15.8. The quantitative estimate of drug-likeness (QED) is 0.463. The lowest BCUT2D eigenvalue weighted by molar-refractivity contribution is -0.141. The molecule has 0 amide bonds. The van der Waals surface area contributed by atoms with Crippen LogP contribution >= 0.6 is 0 Å². The van der Waals surface area contributed by atoms with Crippen LogP contribution < -0.4 is 0 Å². The second-order valence-corrected chi connectivity index (χ2v) is 7.54. The third-order valence-corrected chi connectivity index (χ3v) is 5.39. The van der Waals surface area contributed by atoms with Crippen molar-refractivity contribution >= 4 is 21.5 Å². The second kappa shape index (κ2) is 6.52. The number of rotatable bonds is 4. The largest absolute Gasteiger partial charge is 0.494 e. The molecule has 29 heavy (non-hydrogen) atoms. The van der Waals surface area contributed by atoms with Gasteiger partial charge in [0.1, 0.15) is 12.1 Å². The van der Waals surface area contributed by atoms with Crippen LogP contribution in [0.25, 0.3) is 21.5 Å². The Bertz CT molecular complexity index is 1180. The number of hydrogen-bond acceptors (Lipinski definition) is 3. The summed E-state index contributed by atoms with van der Waals surface area (Å²) in [7, 11) is 0. The van der Waals surface area contributed by atoms with E-state index >= 15 is 0 Å². The summed E-state index contributed by atoms with van der Waals surface area (Å²) in [5.41, 5.74) is -0.103. The van der Waals surface area contributed by atoms with Crippen molar-refractivity contribution in [3.63, 3.8) is 0 Å². The Hall–Kier alpha value is -3.00. The van der Waals surface area contributed by atoms with E-state index in [4.69, 9.17) is 0 Å². The highest BCUT2D eigenvalue weighted by molar-refractivity contribution is 6.09. The fourth-order valence-electron chi connectivity index (χ4n) is 3.87. The molecule has 0 aliphatic rings. The molecule has 0 aliphatic carbocycles. The number of benzene rings is 2. The molecule has 4 rings (SSSR count). The smallest absolute Gasteiger partial charge is 0.406 e. The van der Waals surface area contributed by atoms with Crippen molar-refractivity contribution in [1.29, 1.82) is 0 Å². The van der Waals surface area contributed by atoms with Gasteiger partial charge in [0.15, 0.2) is 5.88 Å². The summed E-state index contributed by atoms with van der Waals surface area (Å²) >= 11 is 0. The van der Waals surface area contributed by atoms with E-state index in [9.17, 15) is 23.4 Å². The Kier molecular flexibility index (Phi) is 4.34. The van der Waals surface area contributed by atoms with E-state index in [1.54, 1.807) is 30.5 Å². The fourth-order valence-corrected chi connectivity index (χ4v) is 3.87. The zero-order chi connectivity index (χ0) is 21.0. The Balaban J connectivity index is 1.88. The van der Waals surface area contributed by atoms with Crippen LogP contribution in [0.4, 0.5) is 13.2 Å². The first-order chi connectivity index (χ1) is 13.6. The van der Waals surface area contributed by atoms with Gasteiger partial charge in [-0.05, 0) is 34.4 Å². The molecule has 8 heteroatoms. The van der Waals surface area contributed by atoms with E-state index < -0.39 is 24.2 Å². The van der Waals surface area contributed by atoms with Crippen molar-refractivity contribution in [2.75, 3.05) is 0 Å². The van der Waals surface area contributed by atoms with Crippen LogP contribution in [-0.2, 0) is 12.1 Å². The van der Waals surface area contributed by atoms with Gasteiger partial charge in [0.25, 0.3) is 0 Å². The number of aromatic hydroxyl groups is 1. The van der Waals surface area contributed by atoms with E-state index in [2.05, 4.69) is 9.97 Å². The topological polar surface area (TPSA) is 74.1 Å². The molecule has 0 aliphatic heterocycles. The Morgan fingerprint density at radius 2 is 1.83 bits per heavy atom. The van der Waals surface area contributed by atoms with Crippen LogP contribution in [0.3, 0.4) is 0 Å². The molecule has 0 spiro atoms. The minimum Gasteiger partial charge on any atom is -0.494 e. The standard InChI is InChI=1S/C21H20F3N3O2/c1-12(2)21(29,18-8-25-11-26-18)14-4-6-15-13(7-14)3-5-16-17(15)9-27(19(16)28)10-20(22,23)24/h3-9,11-12,28-29H,10H2,1-2H3,(H,25,26). The number of nitrogens with one attached hydrogen (secondary N) is 1. The van der Waals surface area contributed by atoms with Crippen LogP contribution in [0.2, 0.25) is 0 Å². The van der Waals surface area contributed by atoms with Crippen molar-refractivity contribution < 1.29 is 23.4 Å². The SMILES string of the molecule is CC(C)C(O)(c1ccc2c(ccc3c(O)n(CC(F)(F)F)cc32)c1)c1cnc[nH]1. The Morgan fingerprint density at radius 1 is 1.10 bits per heavy atom. The monoisotopic (exact) mass is 403 g/mol. The molecular weight excluding hydrogens is 383 g/mol. The Labute approximate surface area is 164 Å². The van der Waals surface area contributed by atoms with E-state index in [0.29, 0.717) is 27.4 Å². The lowest BCUT2D eigenvalue weighted by atomic mass is 9.80. The highest BCUT2D eigenvalue weighted by Gasteiger charge is 2.37. The molecule has 0 saturated carbocycles. The van der Waals surface area contributed by atoms with Gasteiger partial charge in [-0.2, -0.15) is 13.2 Å². The van der Waals surface area contributed by atoms with Crippen molar-refractivity contribution in [3.05, 3.63) is 60.3 Å². The maximum Gasteiger partial charge on any atom is 0.406 e. The predicted molar refractivity (Wildman–Crippen MR) is 104 cm³/mol. The molecular formula is C21H20F3N3O2. The summed E-state index contributed by atoms with van der Waals surface area (Å²) in [6, 6.07) is 8.64. The first-order valence-corrected chi connectivity index (χ1v) is 9.14. The summed E-state index contributed by atoms with van der Waals surface area (Å²) < 4.78 is 39.2. The molecule has 0 fully saturated rings. The van der Waals surface area contributed by atoms with E-state index in [1.165, 1.54) is 12.5 Å². The van der Waals surface area contributed by atoms with Gasteiger partial charge in [0.05, 0.1) is 18.2 Å². The van der Waals surface area contributed by atoms with Gasteiger partial charge in [-0.3, -0.25) is 0 Å². The van der Waals surface area contributed by atoms with Crippen molar-refractivity contribution in [2.24, 2.45) is 5.92 Å². The second-order valence-electron chi connectivity index (χ2n) is 7.54. The van der Waals surface area contributed by atoms with Gasteiger partial charge in [0, 0.05) is 17.0 Å².